The van der Waals surface area contributed by atoms with Crippen LogP contribution in [0.25, 0.3) is 0 Å². The summed E-state index contributed by atoms with van der Waals surface area (Å²) in [5.41, 5.74) is -0.699. The van der Waals surface area contributed by atoms with Crippen LogP contribution in [0.15, 0.2) is 12.1 Å². The van der Waals surface area contributed by atoms with Gasteiger partial charge in [0.15, 0.2) is 5.82 Å². The van der Waals surface area contributed by atoms with Gasteiger partial charge in [0.25, 0.3) is 0 Å². The van der Waals surface area contributed by atoms with Gasteiger partial charge < -0.3 is 15.3 Å². The lowest BCUT2D eigenvalue weighted by atomic mass is 9.90. The molecule has 1 unspecified atom stereocenters. The van der Waals surface area contributed by atoms with Crippen LogP contribution < -0.4 is 5.32 Å². The Morgan fingerprint density at radius 3 is 2.43 bits per heavy atom. The predicted octanol–water partition coefficient (Wildman–Crippen LogP) is 3.46. The maximum absolute atomic E-state index is 13.3. The van der Waals surface area contributed by atoms with Crippen molar-refractivity contribution in [3.63, 3.8) is 0 Å². The molecule has 1 aromatic carbocycles. The molecule has 0 spiro atoms. The van der Waals surface area contributed by atoms with E-state index in [-0.39, 0.29) is 22.3 Å². The van der Waals surface area contributed by atoms with Gasteiger partial charge in [0.2, 0.25) is 0 Å². The van der Waals surface area contributed by atoms with Gasteiger partial charge in [-0.2, -0.15) is 0 Å². The van der Waals surface area contributed by atoms with Crippen molar-refractivity contribution in [3.05, 3.63) is 28.0 Å². The highest BCUT2D eigenvalue weighted by atomic mass is 35.5. The predicted molar refractivity (Wildman–Crippen MR) is 77.4 cm³/mol. The Balaban J connectivity index is 2.08. The molecule has 5 nitrogen and oxygen atoms in total. The molecule has 0 aromatic heterocycles. The van der Waals surface area contributed by atoms with Crippen molar-refractivity contribution in [2.45, 2.75) is 13.3 Å². The molecule has 0 saturated carbocycles. The van der Waals surface area contributed by atoms with Crippen LogP contribution in [0, 0.1) is 11.2 Å². The van der Waals surface area contributed by atoms with E-state index in [1.807, 2.05) is 0 Å². The van der Waals surface area contributed by atoms with E-state index in [1.54, 1.807) is 6.92 Å². The van der Waals surface area contributed by atoms with E-state index < -0.39 is 23.2 Å². The van der Waals surface area contributed by atoms with Gasteiger partial charge in [-0.25, -0.2) is 9.18 Å². The quantitative estimate of drug-likeness (QED) is 0.813. The lowest BCUT2D eigenvalue weighted by Crippen LogP contribution is -2.37. The van der Waals surface area contributed by atoms with Crippen LogP contribution in [0.4, 0.5) is 14.9 Å². The number of hydrogen-bond acceptors (Lipinski definition) is 2. The third-order valence-electron chi connectivity index (χ3n) is 3.51. The summed E-state index contributed by atoms with van der Waals surface area (Å²) >= 11 is 11.3. The first-order chi connectivity index (χ1) is 9.73. The number of nitrogens with zero attached hydrogens (tertiary/aromatic N) is 1. The van der Waals surface area contributed by atoms with Crippen molar-refractivity contribution in [2.75, 3.05) is 18.4 Å². The average molecular weight is 335 g/mol. The average Bonchev–Trinajstić information content (AvgIpc) is 2.80. The van der Waals surface area contributed by atoms with Crippen LogP contribution in [0.5, 0.6) is 0 Å². The maximum Gasteiger partial charge on any atom is 0.321 e. The molecular weight excluding hydrogens is 322 g/mol. The number of aliphatic carboxylic acids is 1. The largest absolute Gasteiger partial charge is 0.481 e. The van der Waals surface area contributed by atoms with Crippen LogP contribution in [-0.4, -0.2) is 35.1 Å². The van der Waals surface area contributed by atoms with Crippen molar-refractivity contribution < 1.29 is 19.1 Å². The van der Waals surface area contributed by atoms with Crippen LogP contribution >= 0.6 is 23.2 Å². The standard InChI is InChI=1S/C13H13Cl2FN2O3/c1-13(11(19)20)2-3-18(6-13)12(21)17-7-4-8(14)10(16)9(15)5-7/h4-5H,2-3,6H2,1H3,(H,17,21)(H,19,20). The summed E-state index contributed by atoms with van der Waals surface area (Å²) in [5, 5.41) is 11.3. The molecule has 0 bridgehead atoms. The molecule has 1 heterocycles. The van der Waals surface area contributed by atoms with E-state index >= 15 is 0 Å². The van der Waals surface area contributed by atoms with Crippen molar-refractivity contribution in [1.29, 1.82) is 0 Å². The first kappa shape index (κ1) is 15.9. The van der Waals surface area contributed by atoms with Crippen LogP contribution in [0.1, 0.15) is 13.3 Å². The molecular formula is C13H13Cl2FN2O3. The van der Waals surface area contributed by atoms with E-state index in [2.05, 4.69) is 5.32 Å². The van der Waals surface area contributed by atoms with Gasteiger partial charge >= 0.3 is 12.0 Å². The fourth-order valence-electron chi connectivity index (χ4n) is 2.14. The molecule has 114 valence electrons. The van der Waals surface area contributed by atoms with E-state index in [0.29, 0.717) is 13.0 Å². The Bertz CT molecular complexity index is 588. The molecule has 1 aliphatic heterocycles. The zero-order chi connectivity index (χ0) is 15.8. The second-order valence-electron chi connectivity index (χ2n) is 5.22. The number of anilines is 1. The van der Waals surface area contributed by atoms with Gasteiger partial charge in [-0.3, -0.25) is 4.79 Å². The maximum atomic E-state index is 13.3. The van der Waals surface area contributed by atoms with Gasteiger partial charge in [0.1, 0.15) is 0 Å². The number of carboxylic acid groups (broad SMARTS) is 1. The molecule has 1 atom stereocenters. The number of carbonyl (C=O) groups excluding carboxylic acids is 1. The van der Waals surface area contributed by atoms with E-state index in [0.717, 1.165) is 0 Å². The summed E-state index contributed by atoms with van der Waals surface area (Å²) in [5.74, 6) is -1.69. The second-order valence-corrected chi connectivity index (χ2v) is 6.04. The number of halogens is 3. The van der Waals surface area contributed by atoms with E-state index in [1.165, 1.54) is 17.0 Å². The molecule has 1 aliphatic rings. The molecule has 1 aromatic rings. The van der Waals surface area contributed by atoms with Crippen molar-refractivity contribution >= 4 is 40.9 Å². The van der Waals surface area contributed by atoms with Crippen molar-refractivity contribution in [1.82, 2.24) is 4.90 Å². The van der Waals surface area contributed by atoms with Gasteiger partial charge in [0.05, 0.1) is 15.5 Å². The summed E-state index contributed by atoms with van der Waals surface area (Å²) < 4.78 is 13.3. The van der Waals surface area contributed by atoms with Crippen molar-refractivity contribution in [3.8, 4) is 0 Å². The van der Waals surface area contributed by atoms with E-state index in [9.17, 15) is 14.0 Å². The first-order valence-corrected chi connectivity index (χ1v) is 6.92. The summed E-state index contributed by atoms with van der Waals surface area (Å²) in [7, 11) is 0. The van der Waals surface area contributed by atoms with E-state index in [4.69, 9.17) is 28.3 Å². The Labute approximate surface area is 130 Å². The molecule has 21 heavy (non-hydrogen) atoms. The third kappa shape index (κ3) is 3.22. The topological polar surface area (TPSA) is 69.6 Å². The molecule has 0 radical (unpaired) electrons. The Kier molecular flexibility index (Phi) is 4.30. The number of carboxylic acids is 1. The smallest absolute Gasteiger partial charge is 0.321 e. The minimum atomic E-state index is -0.949. The number of hydrogen-bond donors (Lipinski definition) is 2. The molecule has 8 heteroatoms. The second kappa shape index (κ2) is 5.69. The van der Waals surface area contributed by atoms with Crippen LogP contribution in [0.3, 0.4) is 0 Å². The first-order valence-electron chi connectivity index (χ1n) is 6.17. The number of carbonyl (C=O) groups is 2. The summed E-state index contributed by atoms with van der Waals surface area (Å²) in [6.45, 7) is 2.03. The molecule has 2 amide bonds. The van der Waals surface area contributed by atoms with Crippen LogP contribution in [-0.2, 0) is 4.79 Å². The summed E-state index contributed by atoms with van der Waals surface area (Å²) in [6.07, 6.45) is 0.376. The summed E-state index contributed by atoms with van der Waals surface area (Å²) in [6, 6.07) is 2.01. The lowest BCUT2D eigenvalue weighted by Gasteiger charge is -2.20. The minimum absolute atomic E-state index is 0.108. The third-order valence-corrected chi connectivity index (χ3v) is 4.06. The molecule has 2 N–H and O–H groups in total. The molecule has 1 fully saturated rings. The molecule has 0 aliphatic carbocycles. The number of urea groups is 1. The zero-order valence-electron chi connectivity index (χ0n) is 11.1. The SMILES string of the molecule is CC1(C(=O)O)CCN(C(=O)Nc2cc(Cl)c(F)c(Cl)c2)C1. The van der Waals surface area contributed by atoms with Gasteiger partial charge in [0, 0.05) is 18.8 Å². The fourth-order valence-corrected chi connectivity index (χ4v) is 2.63. The number of amides is 2. The lowest BCUT2D eigenvalue weighted by molar-refractivity contribution is -0.146. The number of rotatable bonds is 2. The normalized spacial score (nSPS) is 21.4. The highest BCUT2D eigenvalue weighted by Crippen LogP contribution is 2.31. The van der Waals surface area contributed by atoms with Gasteiger partial charge in [-0.15, -0.1) is 0 Å². The molecule has 2 rings (SSSR count). The Morgan fingerprint density at radius 1 is 1.38 bits per heavy atom. The number of likely N-dealkylation sites (tertiary alicyclic amines) is 1. The minimum Gasteiger partial charge on any atom is -0.481 e. The van der Waals surface area contributed by atoms with Gasteiger partial charge in [-0.05, 0) is 25.5 Å². The Morgan fingerprint density at radius 2 is 1.95 bits per heavy atom. The highest BCUT2D eigenvalue weighted by molar-refractivity contribution is 6.35. The number of benzene rings is 1. The number of nitrogens with one attached hydrogen (secondary N) is 1. The molecule has 1 saturated heterocycles. The summed E-state index contributed by atoms with van der Waals surface area (Å²) in [4.78, 5) is 24.6. The highest BCUT2D eigenvalue weighted by Gasteiger charge is 2.42. The Hall–Kier alpha value is -1.53. The van der Waals surface area contributed by atoms with Gasteiger partial charge in [-0.1, -0.05) is 23.2 Å². The monoisotopic (exact) mass is 334 g/mol. The van der Waals surface area contributed by atoms with Crippen molar-refractivity contribution in [2.24, 2.45) is 5.41 Å². The van der Waals surface area contributed by atoms with Crippen LogP contribution in [0.2, 0.25) is 10.0 Å². The fraction of sp³-hybridized carbons (Fsp3) is 0.385. The zero-order valence-corrected chi connectivity index (χ0v) is 12.6.